The minimum atomic E-state index is -0.454. The summed E-state index contributed by atoms with van der Waals surface area (Å²) >= 11 is 5.80. The van der Waals surface area contributed by atoms with Crippen molar-refractivity contribution in [2.24, 2.45) is 0 Å². The van der Waals surface area contributed by atoms with E-state index in [4.69, 9.17) is 21.4 Å². The number of aryl methyl sites for hydroxylation is 2. The number of methoxy groups -OCH3 is 1. The number of furan rings is 1. The van der Waals surface area contributed by atoms with E-state index in [0.29, 0.717) is 27.9 Å². The second-order valence-electron chi connectivity index (χ2n) is 8.69. The molecule has 0 bridgehead atoms. The number of nitro benzene ring substituents is 1. The number of nitrogens with zero attached hydrogens (tertiary/aromatic N) is 3. The third-order valence-corrected chi connectivity index (χ3v) is 6.48. The SMILES string of the molecule is COc1cc([N+](=O)[O-])ccc1-c1ccc([C@H]2[C@H](c3ccccn3)NC(=S)N2c2cc(C)cc(C)c2)o1. The third-order valence-electron chi connectivity index (χ3n) is 6.16. The lowest BCUT2D eigenvalue weighted by molar-refractivity contribution is -0.384. The Balaban J connectivity index is 1.61. The number of pyridine rings is 1. The maximum Gasteiger partial charge on any atom is 0.273 e. The molecule has 0 saturated carbocycles. The van der Waals surface area contributed by atoms with Gasteiger partial charge in [0.25, 0.3) is 5.69 Å². The molecule has 1 N–H and O–H groups in total. The van der Waals surface area contributed by atoms with E-state index in [1.165, 1.54) is 19.2 Å². The summed E-state index contributed by atoms with van der Waals surface area (Å²) < 4.78 is 11.8. The topological polar surface area (TPSA) is 93.7 Å². The van der Waals surface area contributed by atoms with Crippen LogP contribution < -0.4 is 15.0 Å². The second kappa shape index (κ2) is 9.43. The van der Waals surface area contributed by atoms with Gasteiger partial charge in [0.2, 0.25) is 0 Å². The van der Waals surface area contributed by atoms with Crippen LogP contribution in [0.4, 0.5) is 11.4 Å². The van der Waals surface area contributed by atoms with Crippen LogP contribution in [0, 0.1) is 24.0 Å². The van der Waals surface area contributed by atoms with Crippen LogP contribution in [0.25, 0.3) is 11.3 Å². The van der Waals surface area contributed by atoms with Gasteiger partial charge in [-0.05, 0) is 79.7 Å². The third kappa shape index (κ3) is 4.29. The maximum absolute atomic E-state index is 11.2. The Labute approximate surface area is 213 Å². The van der Waals surface area contributed by atoms with E-state index in [9.17, 15) is 10.1 Å². The van der Waals surface area contributed by atoms with Crippen LogP contribution in [-0.2, 0) is 0 Å². The molecule has 2 atom stereocenters. The molecule has 0 radical (unpaired) electrons. The molecule has 9 heteroatoms. The first-order valence-electron chi connectivity index (χ1n) is 11.4. The molecule has 36 heavy (non-hydrogen) atoms. The molecule has 5 rings (SSSR count). The summed E-state index contributed by atoms with van der Waals surface area (Å²) in [6, 6.07) is 19.7. The monoisotopic (exact) mass is 500 g/mol. The van der Waals surface area contributed by atoms with E-state index in [2.05, 4.69) is 47.2 Å². The molecular weight excluding hydrogens is 476 g/mol. The Kier molecular flexibility index (Phi) is 6.15. The van der Waals surface area contributed by atoms with Gasteiger partial charge in [0, 0.05) is 18.0 Å². The van der Waals surface area contributed by atoms with Gasteiger partial charge < -0.3 is 19.4 Å². The average Bonchev–Trinajstić information content (AvgIpc) is 3.48. The first kappa shape index (κ1) is 23.5. The molecule has 0 amide bonds. The highest BCUT2D eigenvalue weighted by Crippen LogP contribution is 2.44. The van der Waals surface area contributed by atoms with Crippen molar-refractivity contribution in [3.63, 3.8) is 0 Å². The number of hydrogen-bond acceptors (Lipinski definition) is 6. The molecule has 2 aromatic heterocycles. The second-order valence-corrected chi connectivity index (χ2v) is 9.07. The highest BCUT2D eigenvalue weighted by Gasteiger charge is 2.42. The number of thiocarbonyl (C=S) groups is 1. The van der Waals surface area contributed by atoms with Crippen LogP contribution >= 0.6 is 12.2 Å². The fourth-order valence-electron chi connectivity index (χ4n) is 4.67. The lowest BCUT2D eigenvalue weighted by Gasteiger charge is -2.26. The molecule has 1 aliphatic heterocycles. The molecule has 182 valence electrons. The Hall–Kier alpha value is -4.24. The minimum Gasteiger partial charge on any atom is -0.496 e. The van der Waals surface area contributed by atoms with Crippen molar-refractivity contribution in [3.05, 3.63) is 106 Å². The Morgan fingerprint density at radius 2 is 1.86 bits per heavy atom. The highest BCUT2D eigenvalue weighted by atomic mass is 32.1. The fourth-order valence-corrected chi connectivity index (χ4v) is 5.01. The van der Waals surface area contributed by atoms with Crippen molar-refractivity contribution >= 4 is 28.7 Å². The van der Waals surface area contributed by atoms with E-state index >= 15 is 0 Å². The zero-order chi connectivity index (χ0) is 25.4. The van der Waals surface area contributed by atoms with Gasteiger partial charge in [-0.15, -0.1) is 0 Å². The standard InChI is InChI=1S/C27H24N4O4S/c1-16-12-17(2)14-19(13-16)30-26(25(29-27(30)36)21-6-4-5-11-28-21)23-10-9-22(35-23)20-8-7-18(31(32)33)15-24(20)34-3/h4-15,25-26H,1-3H3,(H,29,36)/t25-,26-/m0/s1. The van der Waals surface area contributed by atoms with Gasteiger partial charge in [-0.2, -0.15) is 0 Å². The molecule has 0 unspecified atom stereocenters. The maximum atomic E-state index is 11.2. The summed E-state index contributed by atoms with van der Waals surface area (Å²) in [6.45, 7) is 4.11. The molecule has 3 heterocycles. The van der Waals surface area contributed by atoms with Crippen molar-refractivity contribution < 1.29 is 14.1 Å². The van der Waals surface area contributed by atoms with Gasteiger partial charge in [0.05, 0.1) is 35.4 Å². The van der Waals surface area contributed by atoms with Gasteiger partial charge in [0.1, 0.15) is 23.3 Å². The van der Waals surface area contributed by atoms with Gasteiger partial charge in [-0.25, -0.2) is 0 Å². The Morgan fingerprint density at radius 3 is 2.53 bits per heavy atom. The van der Waals surface area contributed by atoms with Crippen LogP contribution in [-0.4, -0.2) is 22.1 Å². The quantitative estimate of drug-likeness (QED) is 0.194. The number of nitrogens with one attached hydrogen (secondary N) is 1. The van der Waals surface area contributed by atoms with E-state index in [0.717, 1.165) is 22.5 Å². The van der Waals surface area contributed by atoms with Gasteiger partial charge in [0.15, 0.2) is 5.11 Å². The van der Waals surface area contributed by atoms with Crippen molar-refractivity contribution in [2.75, 3.05) is 12.0 Å². The number of non-ortho nitro benzene ring substituents is 1. The number of ether oxygens (including phenoxy) is 1. The number of hydrogen-bond donors (Lipinski definition) is 1. The lowest BCUT2D eigenvalue weighted by Crippen LogP contribution is -2.29. The van der Waals surface area contributed by atoms with Gasteiger partial charge in [-0.3, -0.25) is 15.1 Å². The van der Waals surface area contributed by atoms with E-state index < -0.39 is 4.92 Å². The summed E-state index contributed by atoms with van der Waals surface area (Å²) in [6.07, 6.45) is 1.76. The lowest BCUT2D eigenvalue weighted by atomic mass is 10.0. The predicted octanol–water partition coefficient (Wildman–Crippen LogP) is 6.05. The molecule has 1 aliphatic rings. The van der Waals surface area contributed by atoms with Crippen LogP contribution in [0.2, 0.25) is 0 Å². The first-order chi connectivity index (χ1) is 17.4. The summed E-state index contributed by atoms with van der Waals surface area (Å²) in [4.78, 5) is 17.4. The summed E-state index contributed by atoms with van der Waals surface area (Å²) in [5.74, 6) is 1.57. The van der Waals surface area contributed by atoms with Crippen LogP contribution in [0.3, 0.4) is 0 Å². The van der Waals surface area contributed by atoms with Crippen molar-refractivity contribution in [2.45, 2.75) is 25.9 Å². The van der Waals surface area contributed by atoms with E-state index in [-0.39, 0.29) is 17.8 Å². The van der Waals surface area contributed by atoms with Crippen LogP contribution in [0.5, 0.6) is 5.75 Å². The summed E-state index contributed by atoms with van der Waals surface area (Å²) in [5, 5.41) is 15.2. The summed E-state index contributed by atoms with van der Waals surface area (Å²) in [7, 11) is 1.48. The fraction of sp³-hybridized carbons (Fsp3) is 0.185. The van der Waals surface area contributed by atoms with E-state index in [1.54, 1.807) is 12.3 Å². The molecule has 2 aromatic carbocycles. The van der Waals surface area contributed by atoms with Crippen molar-refractivity contribution in [1.82, 2.24) is 10.3 Å². The molecular formula is C27H24N4O4S. The zero-order valence-corrected chi connectivity index (χ0v) is 20.8. The Morgan fingerprint density at radius 1 is 1.08 bits per heavy atom. The van der Waals surface area contributed by atoms with Crippen LogP contribution in [0.15, 0.2) is 77.3 Å². The molecule has 1 saturated heterocycles. The Bertz CT molecular complexity index is 1430. The van der Waals surface area contributed by atoms with Gasteiger partial charge >= 0.3 is 0 Å². The van der Waals surface area contributed by atoms with Crippen LogP contribution in [0.1, 0.15) is 34.7 Å². The number of benzene rings is 2. The zero-order valence-electron chi connectivity index (χ0n) is 20.0. The number of rotatable bonds is 6. The van der Waals surface area contributed by atoms with Gasteiger partial charge in [-0.1, -0.05) is 12.1 Å². The smallest absolute Gasteiger partial charge is 0.273 e. The molecule has 8 nitrogen and oxygen atoms in total. The molecule has 1 fully saturated rings. The highest BCUT2D eigenvalue weighted by molar-refractivity contribution is 7.80. The predicted molar refractivity (Wildman–Crippen MR) is 141 cm³/mol. The number of anilines is 1. The number of aromatic nitrogens is 1. The largest absolute Gasteiger partial charge is 0.496 e. The first-order valence-corrected chi connectivity index (χ1v) is 11.8. The van der Waals surface area contributed by atoms with Crippen molar-refractivity contribution in [3.8, 4) is 17.1 Å². The summed E-state index contributed by atoms with van der Waals surface area (Å²) in [5.41, 5.74) is 4.62. The van der Waals surface area contributed by atoms with Crippen molar-refractivity contribution in [1.29, 1.82) is 0 Å². The molecule has 0 spiro atoms. The number of nitro groups is 1. The normalized spacial score (nSPS) is 17.2. The molecule has 0 aliphatic carbocycles. The van der Waals surface area contributed by atoms with E-state index in [1.807, 2.05) is 30.3 Å². The average molecular weight is 501 g/mol. The minimum absolute atomic E-state index is 0.0519. The molecule has 4 aromatic rings.